The maximum atomic E-state index is 13.0. The number of urea groups is 1. The summed E-state index contributed by atoms with van der Waals surface area (Å²) in [6, 6.07) is 14.4. The molecule has 0 spiro atoms. The van der Waals surface area contributed by atoms with Crippen LogP contribution in [0.15, 0.2) is 48.5 Å². The molecule has 1 heterocycles. The van der Waals surface area contributed by atoms with Gasteiger partial charge in [0, 0.05) is 5.02 Å². The molecule has 0 aromatic heterocycles. The van der Waals surface area contributed by atoms with Gasteiger partial charge in [-0.2, -0.15) is 0 Å². The number of aliphatic hydroxyl groups excluding tert-OH is 1. The second kappa shape index (κ2) is 9.16. The number of halogens is 1. The van der Waals surface area contributed by atoms with Gasteiger partial charge in [-0.15, -0.1) is 0 Å². The molecule has 0 aliphatic carbocycles. The van der Waals surface area contributed by atoms with Crippen LogP contribution < -0.4 is 5.32 Å². The number of carbonyl (C=O) groups excluding carboxylic acids is 2. The highest BCUT2D eigenvalue weighted by Gasteiger charge is 2.49. The second-order valence-electron chi connectivity index (χ2n) is 8.01. The van der Waals surface area contributed by atoms with Crippen molar-refractivity contribution >= 4 is 23.5 Å². The average Bonchev–Trinajstić information content (AvgIpc) is 2.93. The summed E-state index contributed by atoms with van der Waals surface area (Å²) in [6.07, 6.45) is -1.01. The van der Waals surface area contributed by atoms with Crippen molar-refractivity contribution in [2.24, 2.45) is 0 Å². The third-order valence-corrected chi connectivity index (χ3v) is 5.72. The Morgan fingerprint density at radius 3 is 2.43 bits per heavy atom. The largest absolute Gasteiger partial charge is 0.389 e. The van der Waals surface area contributed by atoms with Crippen LogP contribution in [0.3, 0.4) is 0 Å². The summed E-state index contributed by atoms with van der Waals surface area (Å²) in [5.41, 5.74) is 1.50. The number of β-amino-alcohol motifs (C(OH)–C–C–N with tert-alkyl or cyclic N) is 1. The zero-order chi connectivity index (χ0) is 21.9. The minimum absolute atomic E-state index is 0.0257. The lowest BCUT2D eigenvalue weighted by atomic mass is 9.90. The Morgan fingerprint density at radius 2 is 1.80 bits per heavy atom. The summed E-state index contributed by atoms with van der Waals surface area (Å²) < 4.78 is 5.51. The second-order valence-corrected chi connectivity index (χ2v) is 8.42. The van der Waals surface area contributed by atoms with E-state index in [-0.39, 0.29) is 19.8 Å². The molecular weight excluding hydrogens is 404 g/mol. The van der Waals surface area contributed by atoms with Crippen molar-refractivity contribution in [3.05, 3.63) is 70.2 Å². The lowest BCUT2D eigenvalue weighted by molar-refractivity contribution is -0.132. The topological polar surface area (TPSA) is 78.9 Å². The number of aliphatic hydroxyl groups is 1. The van der Waals surface area contributed by atoms with Crippen LogP contribution in [-0.4, -0.2) is 41.2 Å². The van der Waals surface area contributed by atoms with Crippen LogP contribution in [0.25, 0.3) is 0 Å². The summed E-state index contributed by atoms with van der Waals surface area (Å²) in [6.45, 7) is 5.93. The number of nitrogens with one attached hydrogen (secondary N) is 1. The molecule has 160 valence electrons. The van der Waals surface area contributed by atoms with E-state index in [4.69, 9.17) is 16.3 Å². The smallest absolute Gasteiger partial charge is 0.325 e. The van der Waals surface area contributed by atoms with Gasteiger partial charge in [0.05, 0.1) is 25.9 Å². The lowest BCUT2D eigenvalue weighted by Crippen LogP contribution is -2.42. The molecule has 7 heteroatoms. The van der Waals surface area contributed by atoms with E-state index in [0.717, 1.165) is 16.0 Å². The molecule has 6 nitrogen and oxygen atoms in total. The highest BCUT2D eigenvalue weighted by molar-refractivity contribution is 6.31. The van der Waals surface area contributed by atoms with Crippen molar-refractivity contribution in [1.29, 1.82) is 0 Å². The number of imide groups is 1. The van der Waals surface area contributed by atoms with Crippen LogP contribution in [0.4, 0.5) is 4.79 Å². The number of benzene rings is 2. The molecule has 3 rings (SSSR count). The fraction of sp³-hybridized carbons (Fsp3) is 0.391. The number of carbonyl (C=O) groups is 2. The third-order valence-electron chi connectivity index (χ3n) is 5.35. The van der Waals surface area contributed by atoms with Gasteiger partial charge in [0.15, 0.2) is 0 Å². The maximum Gasteiger partial charge on any atom is 0.325 e. The molecule has 1 fully saturated rings. The summed E-state index contributed by atoms with van der Waals surface area (Å²) in [5, 5.41) is 13.6. The molecule has 0 bridgehead atoms. The molecule has 2 unspecified atom stereocenters. The molecule has 2 aromatic carbocycles. The summed E-state index contributed by atoms with van der Waals surface area (Å²) in [4.78, 5) is 26.5. The van der Waals surface area contributed by atoms with Gasteiger partial charge < -0.3 is 15.2 Å². The van der Waals surface area contributed by atoms with E-state index in [9.17, 15) is 14.7 Å². The van der Waals surface area contributed by atoms with Crippen molar-refractivity contribution in [1.82, 2.24) is 10.2 Å². The first-order valence-corrected chi connectivity index (χ1v) is 10.3. The number of hydrogen-bond acceptors (Lipinski definition) is 4. The molecule has 1 aliphatic heterocycles. The average molecular weight is 431 g/mol. The van der Waals surface area contributed by atoms with E-state index >= 15 is 0 Å². The maximum absolute atomic E-state index is 13.0. The molecule has 3 amide bonds. The first kappa shape index (κ1) is 22.3. The number of nitrogens with zero attached hydrogens (tertiary/aromatic N) is 1. The first-order valence-electron chi connectivity index (χ1n) is 9.96. The van der Waals surface area contributed by atoms with E-state index in [1.54, 1.807) is 13.0 Å². The quantitative estimate of drug-likeness (QED) is 0.624. The Kier molecular flexibility index (Phi) is 6.81. The standard InChI is InChI=1S/C23H27ClN2O4/c1-15(2)16-8-10-18(11-9-16)23(3)21(28)26(22(29)25-23)12-19(27)14-30-13-17-6-4-5-7-20(17)24/h4-11,15,19,27H,12-14H2,1-3H3,(H,25,29). The molecule has 2 N–H and O–H groups in total. The van der Waals surface area contributed by atoms with Crippen molar-refractivity contribution < 1.29 is 19.4 Å². The molecule has 1 aliphatic rings. The van der Waals surface area contributed by atoms with E-state index in [1.165, 1.54) is 0 Å². The van der Waals surface area contributed by atoms with Gasteiger partial charge in [-0.25, -0.2) is 4.79 Å². The van der Waals surface area contributed by atoms with Gasteiger partial charge in [-0.3, -0.25) is 9.69 Å². The fourth-order valence-electron chi connectivity index (χ4n) is 3.44. The minimum atomic E-state index is -1.16. The van der Waals surface area contributed by atoms with Crippen LogP contribution in [0.1, 0.15) is 43.4 Å². The Labute approximate surface area is 181 Å². The molecule has 2 aromatic rings. The fourth-order valence-corrected chi connectivity index (χ4v) is 3.63. The van der Waals surface area contributed by atoms with Crippen LogP contribution >= 0.6 is 11.6 Å². The monoisotopic (exact) mass is 430 g/mol. The van der Waals surface area contributed by atoms with Crippen molar-refractivity contribution in [2.45, 2.75) is 44.9 Å². The Bertz CT molecular complexity index is 916. The predicted molar refractivity (Wildman–Crippen MR) is 115 cm³/mol. The summed E-state index contributed by atoms with van der Waals surface area (Å²) >= 11 is 6.08. The number of hydrogen-bond donors (Lipinski definition) is 2. The molecule has 0 saturated carbocycles. The molecule has 1 saturated heterocycles. The van der Waals surface area contributed by atoms with Gasteiger partial charge in [-0.1, -0.05) is 67.9 Å². The Morgan fingerprint density at radius 1 is 1.13 bits per heavy atom. The molecular formula is C23H27ClN2O4. The van der Waals surface area contributed by atoms with Crippen molar-refractivity contribution in [2.75, 3.05) is 13.2 Å². The number of amides is 3. The van der Waals surface area contributed by atoms with E-state index in [2.05, 4.69) is 19.2 Å². The third kappa shape index (κ3) is 4.67. The van der Waals surface area contributed by atoms with Crippen LogP contribution in [0.2, 0.25) is 5.02 Å². The van der Waals surface area contributed by atoms with Crippen LogP contribution in [-0.2, 0) is 21.7 Å². The van der Waals surface area contributed by atoms with Gasteiger partial charge in [0.25, 0.3) is 5.91 Å². The normalized spacial score (nSPS) is 20.0. The van der Waals surface area contributed by atoms with Gasteiger partial charge in [0.2, 0.25) is 0 Å². The zero-order valence-electron chi connectivity index (χ0n) is 17.4. The zero-order valence-corrected chi connectivity index (χ0v) is 18.1. The summed E-state index contributed by atoms with van der Waals surface area (Å²) in [5.74, 6) is -0.0203. The highest BCUT2D eigenvalue weighted by Crippen LogP contribution is 2.30. The summed E-state index contributed by atoms with van der Waals surface area (Å²) in [7, 11) is 0. The predicted octanol–water partition coefficient (Wildman–Crippen LogP) is 3.81. The van der Waals surface area contributed by atoms with Crippen molar-refractivity contribution in [3.8, 4) is 0 Å². The van der Waals surface area contributed by atoms with E-state index < -0.39 is 23.6 Å². The van der Waals surface area contributed by atoms with Crippen molar-refractivity contribution in [3.63, 3.8) is 0 Å². The molecule has 2 atom stereocenters. The van der Waals surface area contributed by atoms with Gasteiger partial charge >= 0.3 is 6.03 Å². The van der Waals surface area contributed by atoms with E-state index in [1.807, 2.05) is 42.5 Å². The van der Waals surface area contributed by atoms with Crippen LogP contribution in [0, 0.1) is 0 Å². The molecule has 30 heavy (non-hydrogen) atoms. The van der Waals surface area contributed by atoms with Gasteiger partial charge in [-0.05, 0) is 35.6 Å². The minimum Gasteiger partial charge on any atom is -0.389 e. The Balaban J connectivity index is 1.60. The first-order chi connectivity index (χ1) is 14.2. The number of rotatable bonds is 8. The number of ether oxygens (including phenoxy) is 1. The Hall–Kier alpha value is -2.41. The highest BCUT2D eigenvalue weighted by atomic mass is 35.5. The van der Waals surface area contributed by atoms with Crippen LogP contribution in [0.5, 0.6) is 0 Å². The van der Waals surface area contributed by atoms with E-state index in [0.29, 0.717) is 16.5 Å². The molecule has 0 radical (unpaired) electrons. The lowest BCUT2D eigenvalue weighted by Gasteiger charge is -2.23. The van der Waals surface area contributed by atoms with Gasteiger partial charge in [0.1, 0.15) is 5.54 Å². The SMILES string of the molecule is CC(C)c1ccc(C2(C)NC(=O)N(CC(O)COCc3ccccc3Cl)C2=O)cc1.